The molecule has 7 heteroatoms. The topological polar surface area (TPSA) is 87.2 Å². The van der Waals surface area contributed by atoms with Gasteiger partial charge < -0.3 is 19.6 Å². The van der Waals surface area contributed by atoms with E-state index in [0.717, 1.165) is 11.3 Å². The molecule has 2 aliphatic rings. The third kappa shape index (κ3) is 3.12. The molecule has 7 nitrogen and oxygen atoms in total. The van der Waals surface area contributed by atoms with Crippen molar-refractivity contribution in [2.75, 3.05) is 31.6 Å². The molecule has 2 heterocycles. The summed E-state index contributed by atoms with van der Waals surface area (Å²) in [6.45, 7) is 0.970. The first-order valence-corrected chi connectivity index (χ1v) is 7.95. The number of carbonyl (C=O) groups excluding carboxylic acids is 2. The van der Waals surface area contributed by atoms with Crippen molar-refractivity contribution < 1.29 is 24.2 Å². The van der Waals surface area contributed by atoms with Crippen LogP contribution >= 0.6 is 0 Å². The van der Waals surface area contributed by atoms with Crippen molar-refractivity contribution in [3.05, 3.63) is 29.8 Å². The zero-order valence-electron chi connectivity index (χ0n) is 13.5. The normalized spacial score (nSPS) is 23.8. The van der Waals surface area contributed by atoms with E-state index in [2.05, 4.69) is 0 Å². The van der Waals surface area contributed by atoms with Gasteiger partial charge in [0, 0.05) is 32.2 Å². The van der Waals surface area contributed by atoms with Crippen molar-refractivity contribution in [2.24, 2.45) is 0 Å². The summed E-state index contributed by atoms with van der Waals surface area (Å²) >= 11 is 0. The van der Waals surface area contributed by atoms with Crippen LogP contribution in [0.3, 0.4) is 0 Å². The molecule has 24 heavy (non-hydrogen) atoms. The second-order valence-electron chi connectivity index (χ2n) is 6.14. The molecule has 2 unspecified atom stereocenters. The molecule has 2 atom stereocenters. The molecule has 0 bridgehead atoms. The number of aliphatic carboxylic acids is 1. The van der Waals surface area contributed by atoms with Gasteiger partial charge in [-0.2, -0.15) is 0 Å². The van der Waals surface area contributed by atoms with Gasteiger partial charge in [0.05, 0.1) is 25.0 Å². The average Bonchev–Trinajstić information content (AvgIpc) is 2.57. The molecule has 1 N–H and O–H groups in total. The van der Waals surface area contributed by atoms with Gasteiger partial charge in [-0.05, 0) is 11.6 Å². The second kappa shape index (κ2) is 6.60. The molecule has 2 amide bonds. The van der Waals surface area contributed by atoms with Crippen molar-refractivity contribution in [1.82, 2.24) is 4.90 Å². The minimum atomic E-state index is -0.950. The molecule has 0 aliphatic carbocycles. The zero-order valence-corrected chi connectivity index (χ0v) is 13.5. The smallest absolute Gasteiger partial charge is 0.306 e. The monoisotopic (exact) mass is 332 g/mol. The van der Waals surface area contributed by atoms with Gasteiger partial charge in [0.1, 0.15) is 0 Å². The van der Waals surface area contributed by atoms with E-state index >= 15 is 0 Å². The fourth-order valence-electron chi connectivity index (χ4n) is 3.32. The molecule has 1 fully saturated rings. The van der Waals surface area contributed by atoms with Crippen molar-refractivity contribution in [2.45, 2.75) is 24.9 Å². The van der Waals surface area contributed by atoms with Crippen LogP contribution in [0, 0.1) is 0 Å². The number of anilines is 1. The van der Waals surface area contributed by atoms with Crippen LogP contribution in [0.5, 0.6) is 0 Å². The predicted octanol–water partition coefficient (Wildman–Crippen LogP) is 0.839. The molecule has 1 aromatic rings. The lowest BCUT2D eigenvalue weighted by Crippen LogP contribution is -2.49. The maximum absolute atomic E-state index is 13.0. The Hall–Kier alpha value is -2.41. The van der Waals surface area contributed by atoms with Crippen LogP contribution in [0.4, 0.5) is 5.69 Å². The Balaban J connectivity index is 1.81. The molecule has 0 radical (unpaired) electrons. The summed E-state index contributed by atoms with van der Waals surface area (Å²) in [4.78, 5) is 39.2. The third-order valence-electron chi connectivity index (χ3n) is 4.58. The number of para-hydroxylation sites is 1. The molecule has 128 valence electrons. The number of hydrogen-bond acceptors (Lipinski definition) is 4. The minimum Gasteiger partial charge on any atom is -0.481 e. The van der Waals surface area contributed by atoms with Crippen LogP contribution in [-0.2, 0) is 19.1 Å². The summed E-state index contributed by atoms with van der Waals surface area (Å²) < 4.78 is 5.41. The van der Waals surface area contributed by atoms with Crippen LogP contribution in [0.2, 0.25) is 0 Å². The van der Waals surface area contributed by atoms with Gasteiger partial charge in [-0.3, -0.25) is 14.4 Å². The van der Waals surface area contributed by atoms with Crippen molar-refractivity contribution in [3.8, 4) is 0 Å². The largest absolute Gasteiger partial charge is 0.481 e. The molecule has 1 saturated heterocycles. The van der Waals surface area contributed by atoms with E-state index in [0.29, 0.717) is 13.2 Å². The average molecular weight is 332 g/mol. The van der Waals surface area contributed by atoms with Gasteiger partial charge >= 0.3 is 5.97 Å². The second-order valence-corrected chi connectivity index (χ2v) is 6.14. The Kier molecular flexibility index (Phi) is 4.53. The molecule has 3 rings (SSSR count). The molecule has 0 aromatic heterocycles. The van der Waals surface area contributed by atoms with Crippen molar-refractivity contribution >= 4 is 23.5 Å². The van der Waals surface area contributed by atoms with Gasteiger partial charge in [0.15, 0.2) is 0 Å². The van der Waals surface area contributed by atoms with Gasteiger partial charge in [0.25, 0.3) is 0 Å². The Labute approximate surface area is 139 Å². The van der Waals surface area contributed by atoms with Gasteiger partial charge in [-0.1, -0.05) is 18.2 Å². The molecular formula is C17H20N2O5. The van der Waals surface area contributed by atoms with Gasteiger partial charge in [0.2, 0.25) is 11.8 Å². The quantitative estimate of drug-likeness (QED) is 0.886. The predicted molar refractivity (Wildman–Crippen MR) is 85.8 cm³/mol. The van der Waals surface area contributed by atoms with E-state index in [-0.39, 0.29) is 31.2 Å². The van der Waals surface area contributed by atoms with Gasteiger partial charge in [-0.15, -0.1) is 0 Å². The highest BCUT2D eigenvalue weighted by atomic mass is 16.5. The fourth-order valence-corrected chi connectivity index (χ4v) is 3.32. The minimum absolute atomic E-state index is 0.0950. The maximum atomic E-state index is 13.0. The standard InChI is InChI=1S/C17H20N2O5/c1-18-14-5-3-2-4-12(14)13(9-15(18)20)17(23)19-6-7-24-11(10-19)8-16(21)22/h2-5,11,13H,6-10H2,1H3,(H,21,22). The zero-order chi connectivity index (χ0) is 17.3. The van der Waals surface area contributed by atoms with Crippen molar-refractivity contribution in [3.63, 3.8) is 0 Å². The number of amides is 2. The van der Waals surface area contributed by atoms with E-state index in [1.54, 1.807) is 16.8 Å². The molecular weight excluding hydrogens is 312 g/mol. The molecule has 0 saturated carbocycles. The highest BCUT2D eigenvalue weighted by Gasteiger charge is 2.37. The van der Waals surface area contributed by atoms with Crippen LogP contribution < -0.4 is 4.90 Å². The summed E-state index contributed by atoms with van der Waals surface area (Å²) in [6.07, 6.45) is -0.502. The number of ether oxygens (including phenoxy) is 1. The maximum Gasteiger partial charge on any atom is 0.306 e. The first kappa shape index (κ1) is 16.4. The number of carboxylic acid groups (broad SMARTS) is 1. The number of carboxylic acids is 1. The Bertz CT molecular complexity index is 675. The highest BCUT2D eigenvalue weighted by Crippen LogP contribution is 2.36. The summed E-state index contributed by atoms with van der Waals surface area (Å²) in [5, 5.41) is 8.90. The summed E-state index contributed by atoms with van der Waals surface area (Å²) in [6, 6.07) is 7.40. The SMILES string of the molecule is CN1C(=O)CC(C(=O)N2CCOC(CC(=O)O)C2)c2ccccc21. The first-order chi connectivity index (χ1) is 11.5. The Morgan fingerprint density at radius 2 is 2.08 bits per heavy atom. The molecule has 0 spiro atoms. The van der Waals surface area contributed by atoms with Crippen LogP contribution in [0.1, 0.15) is 24.3 Å². The lowest BCUT2D eigenvalue weighted by molar-refractivity contribution is -0.148. The van der Waals surface area contributed by atoms with Crippen LogP contribution in [0.15, 0.2) is 24.3 Å². The first-order valence-electron chi connectivity index (χ1n) is 7.95. The number of nitrogens with zero attached hydrogens (tertiary/aromatic N) is 2. The fraction of sp³-hybridized carbons (Fsp3) is 0.471. The third-order valence-corrected chi connectivity index (χ3v) is 4.58. The van der Waals surface area contributed by atoms with E-state index in [1.807, 2.05) is 24.3 Å². The van der Waals surface area contributed by atoms with Crippen molar-refractivity contribution in [1.29, 1.82) is 0 Å². The number of morpholine rings is 1. The van der Waals surface area contributed by atoms with E-state index < -0.39 is 18.0 Å². The van der Waals surface area contributed by atoms with E-state index in [4.69, 9.17) is 9.84 Å². The number of carbonyl (C=O) groups is 3. The summed E-state index contributed by atoms with van der Waals surface area (Å²) in [7, 11) is 1.71. The summed E-state index contributed by atoms with van der Waals surface area (Å²) in [5.74, 6) is -1.70. The lowest BCUT2D eigenvalue weighted by Gasteiger charge is -2.37. The number of rotatable bonds is 3. The number of benzene rings is 1. The number of hydrogen-bond donors (Lipinski definition) is 1. The lowest BCUT2D eigenvalue weighted by atomic mass is 9.88. The highest BCUT2D eigenvalue weighted by molar-refractivity contribution is 6.02. The van der Waals surface area contributed by atoms with Crippen LogP contribution in [-0.4, -0.2) is 60.6 Å². The van der Waals surface area contributed by atoms with Gasteiger partial charge in [-0.25, -0.2) is 0 Å². The van der Waals surface area contributed by atoms with E-state index in [1.165, 1.54) is 0 Å². The summed E-state index contributed by atoms with van der Waals surface area (Å²) in [5.41, 5.74) is 1.59. The Morgan fingerprint density at radius 1 is 1.33 bits per heavy atom. The molecule has 2 aliphatic heterocycles. The van der Waals surface area contributed by atoms with E-state index in [9.17, 15) is 14.4 Å². The van der Waals surface area contributed by atoms with Crippen LogP contribution in [0.25, 0.3) is 0 Å². The Morgan fingerprint density at radius 3 is 2.83 bits per heavy atom. The molecule has 1 aromatic carbocycles. The number of fused-ring (bicyclic) bond motifs is 1.